The van der Waals surface area contributed by atoms with Gasteiger partial charge in [-0.1, -0.05) is 6.07 Å². The number of thiophene rings is 1. The quantitative estimate of drug-likeness (QED) is 0.508. The van der Waals surface area contributed by atoms with Crippen LogP contribution in [-0.4, -0.2) is 25.7 Å². The highest BCUT2D eigenvalue weighted by molar-refractivity contribution is 7.09. The number of nitrogens with one attached hydrogen (secondary N) is 2. The molecule has 0 aliphatic heterocycles. The van der Waals surface area contributed by atoms with Crippen molar-refractivity contribution in [2.75, 3.05) is 0 Å². The first-order valence-corrected chi connectivity index (χ1v) is 9.23. The van der Waals surface area contributed by atoms with Crippen molar-refractivity contribution in [3.63, 3.8) is 0 Å². The Hall–Kier alpha value is -2.68. The number of aromatic nitrogens is 4. The maximum absolute atomic E-state index is 5.62. The zero-order valence-electron chi connectivity index (χ0n) is 15.4. The summed E-state index contributed by atoms with van der Waals surface area (Å²) in [6.07, 6.45) is 0. The van der Waals surface area contributed by atoms with Gasteiger partial charge in [0.2, 0.25) is 5.89 Å². The van der Waals surface area contributed by atoms with Crippen molar-refractivity contribution in [3.8, 4) is 0 Å². The third-order valence-corrected chi connectivity index (χ3v) is 4.93. The SMILES string of the molecule is Cc1nc(CNC(=NCc2nnc(C)n2C)NCc2cccs2)oc1C. The van der Waals surface area contributed by atoms with Crippen LogP contribution in [0.2, 0.25) is 0 Å². The molecule has 0 bridgehead atoms. The Morgan fingerprint density at radius 2 is 2.04 bits per heavy atom. The molecule has 0 aliphatic rings. The average Bonchev–Trinajstić information content (AvgIpc) is 3.32. The van der Waals surface area contributed by atoms with E-state index in [1.54, 1.807) is 11.3 Å². The molecule has 0 radical (unpaired) electrons. The molecule has 0 amide bonds. The van der Waals surface area contributed by atoms with Gasteiger partial charge in [0.05, 0.1) is 18.8 Å². The summed E-state index contributed by atoms with van der Waals surface area (Å²) in [5, 5.41) is 16.9. The summed E-state index contributed by atoms with van der Waals surface area (Å²) in [6, 6.07) is 4.12. The third-order valence-electron chi connectivity index (χ3n) is 4.05. The van der Waals surface area contributed by atoms with E-state index in [1.807, 2.05) is 38.5 Å². The van der Waals surface area contributed by atoms with Gasteiger partial charge < -0.3 is 19.6 Å². The van der Waals surface area contributed by atoms with Crippen LogP contribution < -0.4 is 10.6 Å². The van der Waals surface area contributed by atoms with Crippen molar-refractivity contribution in [2.45, 2.75) is 40.4 Å². The Morgan fingerprint density at radius 3 is 2.65 bits per heavy atom. The molecule has 0 fully saturated rings. The summed E-state index contributed by atoms with van der Waals surface area (Å²) in [4.78, 5) is 10.2. The smallest absolute Gasteiger partial charge is 0.214 e. The van der Waals surface area contributed by atoms with Gasteiger partial charge in [0.15, 0.2) is 11.8 Å². The predicted molar refractivity (Wildman–Crippen MR) is 101 cm³/mol. The maximum Gasteiger partial charge on any atom is 0.214 e. The standard InChI is InChI=1S/C17H23N7OS/c1-11-12(2)25-16(21-11)10-20-17(18-8-14-6-5-7-26-14)19-9-15-23-22-13(3)24(15)4/h5-7H,8-10H2,1-4H3,(H2,18,19,20). The summed E-state index contributed by atoms with van der Waals surface area (Å²) < 4.78 is 7.55. The van der Waals surface area contributed by atoms with E-state index in [0.717, 1.165) is 23.1 Å². The highest BCUT2D eigenvalue weighted by Gasteiger charge is 2.08. The van der Waals surface area contributed by atoms with Crippen molar-refractivity contribution in [1.29, 1.82) is 0 Å². The number of hydrogen-bond acceptors (Lipinski definition) is 6. The lowest BCUT2D eigenvalue weighted by atomic mass is 10.4. The molecule has 0 spiro atoms. The minimum atomic E-state index is 0.431. The van der Waals surface area contributed by atoms with E-state index >= 15 is 0 Å². The van der Waals surface area contributed by atoms with Gasteiger partial charge in [-0.05, 0) is 32.2 Å². The molecule has 0 saturated heterocycles. The van der Waals surface area contributed by atoms with Crippen LogP contribution in [0.5, 0.6) is 0 Å². The molecule has 3 heterocycles. The molecule has 0 saturated carbocycles. The van der Waals surface area contributed by atoms with Gasteiger partial charge in [-0.25, -0.2) is 9.98 Å². The van der Waals surface area contributed by atoms with Gasteiger partial charge in [0.1, 0.15) is 18.1 Å². The van der Waals surface area contributed by atoms with Crippen LogP contribution in [-0.2, 0) is 26.7 Å². The fourth-order valence-electron chi connectivity index (χ4n) is 2.27. The number of rotatable bonds is 6. The predicted octanol–water partition coefficient (Wildman–Crippen LogP) is 2.23. The van der Waals surface area contributed by atoms with Crippen molar-refractivity contribution >= 4 is 17.3 Å². The highest BCUT2D eigenvalue weighted by Crippen LogP contribution is 2.09. The van der Waals surface area contributed by atoms with Gasteiger partial charge in [0.25, 0.3) is 0 Å². The summed E-state index contributed by atoms with van der Waals surface area (Å²) >= 11 is 1.70. The van der Waals surface area contributed by atoms with Gasteiger partial charge in [-0.15, -0.1) is 21.5 Å². The van der Waals surface area contributed by atoms with E-state index in [-0.39, 0.29) is 0 Å². The maximum atomic E-state index is 5.62. The Kier molecular flexibility index (Phi) is 5.67. The summed E-state index contributed by atoms with van der Waals surface area (Å²) in [7, 11) is 1.94. The first kappa shape index (κ1) is 18.1. The molecule has 138 valence electrons. The number of oxazole rings is 1. The molecule has 0 atom stereocenters. The van der Waals surface area contributed by atoms with Gasteiger partial charge in [-0.2, -0.15) is 0 Å². The Balaban J connectivity index is 1.67. The number of hydrogen-bond donors (Lipinski definition) is 2. The monoisotopic (exact) mass is 373 g/mol. The molecule has 2 N–H and O–H groups in total. The molecule has 0 aliphatic carbocycles. The highest BCUT2D eigenvalue weighted by atomic mass is 32.1. The molecule has 0 aromatic carbocycles. The molecular formula is C17H23N7OS. The van der Waals surface area contributed by atoms with Gasteiger partial charge in [-0.3, -0.25) is 0 Å². The molecule has 3 rings (SSSR count). The largest absolute Gasteiger partial charge is 0.444 e. The van der Waals surface area contributed by atoms with E-state index in [0.29, 0.717) is 31.5 Å². The van der Waals surface area contributed by atoms with E-state index in [9.17, 15) is 0 Å². The molecular weight excluding hydrogens is 350 g/mol. The second-order valence-electron chi connectivity index (χ2n) is 5.92. The van der Waals surface area contributed by atoms with Crippen LogP contribution in [0.1, 0.15) is 33.9 Å². The third kappa shape index (κ3) is 4.48. The zero-order chi connectivity index (χ0) is 18.5. The van der Waals surface area contributed by atoms with E-state index < -0.39 is 0 Å². The summed E-state index contributed by atoms with van der Waals surface area (Å²) in [5.74, 6) is 3.82. The lowest BCUT2D eigenvalue weighted by Gasteiger charge is -2.11. The second-order valence-corrected chi connectivity index (χ2v) is 6.96. The van der Waals surface area contributed by atoms with Crippen molar-refractivity contribution in [1.82, 2.24) is 30.4 Å². The number of nitrogens with zero attached hydrogens (tertiary/aromatic N) is 5. The fraction of sp³-hybridized carbons (Fsp3) is 0.412. The first-order valence-electron chi connectivity index (χ1n) is 8.35. The molecule has 3 aromatic heterocycles. The van der Waals surface area contributed by atoms with Crippen LogP contribution in [0.15, 0.2) is 26.9 Å². The molecule has 3 aromatic rings. The fourth-order valence-corrected chi connectivity index (χ4v) is 2.92. The Labute approximate surface area is 156 Å². The Bertz CT molecular complexity index is 860. The summed E-state index contributed by atoms with van der Waals surface area (Å²) in [5.41, 5.74) is 0.904. The minimum absolute atomic E-state index is 0.431. The lowest BCUT2D eigenvalue weighted by Crippen LogP contribution is -2.36. The van der Waals surface area contributed by atoms with Crippen molar-refractivity contribution in [3.05, 3.63) is 51.4 Å². The molecule has 0 unspecified atom stereocenters. The lowest BCUT2D eigenvalue weighted by molar-refractivity contribution is 0.463. The molecule has 26 heavy (non-hydrogen) atoms. The van der Waals surface area contributed by atoms with Crippen LogP contribution in [0.25, 0.3) is 0 Å². The van der Waals surface area contributed by atoms with Crippen LogP contribution in [0.3, 0.4) is 0 Å². The van der Waals surface area contributed by atoms with E-state index in [2.05, 4.69) is 42.3 Å². The molecule has 9 heteroatoms. The number of aryl methyl sites for hydroxylation is 3. The van der Waals surface area contributed by atoms with Crippen molar-refractivity contribution in [2.24, 2.45) is 12.0 Å². The van der Waals surface area contributed by atoms with Gasteiger partial charge >= 0.3 is 0 Å². The van der Waals surface area contributed by atoms with E-state index in [1.165, 1.54) is 4.88 Å². The number of aliphatic imine (C=N–C) groups is 1. The topological polar surface area (TPSA) is 93.2 Å². The number of guanidine groups is 1. The summed E-state index contributed by atoms with van der Waals surface area (Å²) in [6.45, 7) is 7.35. The normalized spacial score (nSPS) is 11.8. The van der Waals surface area contributed by atoms with Crippen LogP contribution >= 0.6 is 11.3 Å². The zero-order valence-corrected chi connectivity index (χ0v) is 16.2. The minimum Gasteiger partial charge on any atom is -0.444 e. The first-order chi connectivity index (χ1) is 12.5. The Morgan fingerprint density at radius 1 is 1.23 bits per heavy atom. The van der Waals surface area contributed by atoms with E-state index in [4.69, 9.17) is 4.42 Å². The van der Waals surface area contributed by atoms with Gasteiger partial charge in [0, 0.05) is 11.9 Å². The van der Waals surface area contributed by atoms with Crippen molar-refractivity contribution < 1.29 is 4.42 Å². The second kappa shape index (κ2) is 8.13. The van der Waals surface area contributed by atoms with Crippen LogP contribution in [0, 0.1) is 20.8 Å². The molecule has 8 nitrogen and oxygen atoms in total. The van der Waals surface area contributed by atoms with Crippen LogP contribution in [0.4, 0.5) is 0 Å². The average molecular weight is 373 g/mol.